The second kappa shape index (κ2) is 21.3. The molecule has 0 unspecified atom stereocenters. The van der Waals surface area contributed by atoms with Gasteiger partial charge in [0.15, 0.2) is 0 Å². The first-order chi connectivity index (χ1) is 24.1. The van der Waals surface area contributed by atoms with Crippen LogP contribution >= 0.6 is 17.0 Å². The fourth-order valence-electron chi connectivity index (χ4n) is 6.74. The molecule has 0 spiro atoms. The van der Waals surface area contributed by atoms with Crippen LogP contribution in [-0.2, 0) is 46.5 Å². The van der Waals surface area contributed by atoms with E-state index in [0.717, 1.165) is 35.2 Å². The van der Waals surface area contributed by atoms with Gasteiger partial charge in [0.25, 0.3) is 0 Å². The van der Waals surface area contributed by atoms with Crippen molar-refractivity contribution in [1.29, 1.82) is 0 Å². The van der Waals surface area contributed by atoms with Gasteiger partial charge in [0.05, 0.1) is 0 Å². The van der Waals surface area contributed by atoms with E-state index in [9.17, 15) is 0 Å². The molecule has 0 aliphatic heterocycles. The Hall–Kier alpha value is -2.22. The molecule has 6 rings (SSSR count). The Morgan fingerprint density at radius 3 is 1.16 bits per heavy atom. The number of rotatable bonds is 8. The molecule has 0 saturated heterocycles. The quantitative estimate of drug-likeness (QED) is 0.106. The van der Waals surface area contributed by atoms with E-state index in [1.807, 2.05) is 0 Å². The molecule has 2 radical (unpaired) electrons. The Kier molecular flexibility index (Phi) is 18.0. The first-order valence-corrected chi connectivity index (χ1v) is 26.6. The van der Waals surface area contributed by atoms with Crippen molar-refractivity contribution in [1.82, 2.24) is 0 Å². The van der Waals surface area contributed by atoms with Crippen molar-refractivity contribution in [3.05, 3.63) is 130 Å². The number of hydrogen-bond acceptors (Lipinski definition) is 0. The van der Waals surface area contributed by atoms with Crippen molar-refractivity contribution in [2.24, 2.45) is 0 Å². The molecule has 0 N–H and O–H groups in total. The van der Waals surface area contributed by atoms with Gasteiger partial charge in [-0.05, 0) is 59.8 Å². The molecular formula is C46H56Cl2SiZr. The van der Waals surface area contributed by atoms with E-state index in [4.69, 9.17) is 17.0 Å². The Balaban J connectivity index is 0.000000234. The molecule has 0 heterocycles. The molecule has 6 aromatic carbocycles. The second-order valence-electron chi connectivity index (χ2n) is 13.4. The van der Waals surface area contributed by atoms with Crippen LogP contribution in [0.3, 0.4) is 0 Å². The molecule has 0 fully saturated rings. The maximum atomic E-state index is 4.93. The van der Waals surface area contributed by atoms with Crippen molar-refractivity contribution >= 4 is 48.1 Å². The third-order valence-electron chi connectivity index (χ3n) is 9.43. The summed E-state index contributed by atoms with van der Waals surface area (Å²) in [6.07, 6.45) is 4.30. The summed E-state index contributed by atoms with van der Waals surface area (Å²) in [5.41, 5.74) is 14.4. The SMILES string of the molecule is CCc1ccccc1-c1c(CC)ccc2[cH-]c(C(C)C)cc12.CCc1ccccc1-c1c(CC)ccc2[cH-]c(C(C)C)cc12.C[Si]C.[Cl][Zr+2][Cl]. The molecule has 0 aromatic heterocycles. The molecule has 50 heavy (non-hydrogen) atoms. The monoisotopic (exact) mass is 796 g/mol. The van der Waals surface area contributed by atoms with E-state index in [2.05, 4.69) is 166 Å². The van der Waals surface area contributed by atoms with Crippen molar-refractivity contribution in [3.63, 3.8) is 0 Å². The van der Waals surface area contributed by atoms with Gasteiger partial charge < -0.3 is 0 Å². The second-order valence-corrected chi connectivity index (χ2v) is 18.1. The summed E-state index contributed by atoms with van der Waals surface area (Å²) in [6.45, 7) is 22.4. The number of fused-ring (bicyclic) bond motifs is 2. The standard InChI is InChI=1S/2C22H25.C2H6Si.2ClH.Zr/c2*1-5-16-9-7-8-10-20(16)22-17(6-2)11-12-18-13-19(15(3)4)14-21(18)22;1-3-2;;;/h2*7-15H,5-6H2,1-4H3;1-2H3;2*1H;/q2*-1;;;;+4/p-2. The van der Waals surface area contributed by atoms with Crippen LogP contribution in [0.25, 0.3) is 43.8 Å². The Morgan fingerprint density at radius 2 is 0.860 bits per heavy atom. The van der Waals surface area contributed by atoms with Gasteiger partial charge in [-0.25, -0.2) is 0 Å². The van der Waals surface area contributed by atoms with E-state index in [0.29, 0.717) is 11.8 Å². The minimum absolute atomic E-state index is 0.576. The van der Waals surface area contributed by atoms with Crippen LogP contribution in [0.4, 0.5) is 0 Å². The van der Waals surface area contributed by atoms with Crippen molar-refractivity contribution in [2.45, 2.75) is 106 Å². The van der Waals surface area contributed by atoms with Gasteiger partial charge >= 0.3 is 37.9 Å². The number of aryl methyl sites for hydroxylation is 4. The third kappa shape index (κ3) is 10.4. The molecular weight excluding hydrogens is 743 g/mol. The topological polar surface area (TPSA) is 0 Å². The van der Waals surface area contributed by atoms with Crippen LogP contribution in [0.15, 0.2) is 97.1 Å². The molecule has 0 bridgehead atoms. The van der Waals surface area contributed by atoms with Gasteiger partial charge in [-0.2, -0.15) is 12.1 Å². The summed E-state index contributed by atoms with van der Waals surface area (Å²) in [7, 11) is 11.0. The molecule has 0 aliphatic carbocycles. The predicted octanol–water partition coefficient (Wildman–Crippen LogP) is 15.1. The van der Waals surface area contributed by atoms with E-state index in [1.165, 1.54) is 77.2 Å². The molecule has 6 aromatic rings. The Bertz CT molecular complexity index is 1770. The fraction of sp³-hybridized carbons (Fsp3) is 0.348. The van der Waals surface area contributed by atoms with E-state index in [-0.39, 0.29) is 0 Å². The summed E-state index contributed by atoms with van der Waals surface area (Å²) in [5, 5.41) is 5.59. The zero-order valence-electron chi connectivity index (χ0n) is 32.0. The maximum absolute atomic E-state index is 4.93. The number of benzene rings is 4. The molecule has 0 nitrogen and oxygen atoms in total. The fourth-order valence-corrected chi connectivity index (χ4v) is 6.74. The first-order valence-electron chi connectivity index (χ1n) is 18.3. The van der Waals surface area contributed by atoms with Gasteiger partial charge in [-0.3, -0.25) is 0 Å². The predicted molar refractivity (Wildman–Crippen MR) is 225 cm³/mol. The van der Waals surface area contributed by atoms with Crippen LogP contribution < -0.4 is 0 Å². The summed E-state index contributed by atoms with van der Waals surface area (Å²) >= 11 is -0.826. The van der Waals surface area contributed by atoms with Gasteiger partial charge in [0, 0.05) is 9.52 Å². The van der Waals surface area contributed by atoms with Crippen LogP contribution in [0, 0.1) is 0 Å². The summed E-state index contributed by atoms with van der Waals surface area (Å²) in [5.74, 6) is 1.15. The average Bonchev–Trinajstić information content (AvgIpc) is 3.77. The average molecular weight is 799 g/mol. The summed E-state index contributed by atoms with van der Waals surface area (Å²) < 4.78 is 0. The molecule has 0 aliphatic rings. The van der Waals surface area contributed by atoms with Crippen molar-refractivity contribution in [2.75, 3.05) is 0 Å². The number of hydrogen-bond donors (Lipinski definition) is 0. The molecule has 4 heteroatoms. The van der Waals surface area contributed by atoms with Gasteiger partial charge in [-0.1, -0.05) is 139 Å². The van der Waals surface area contributed by atoms with Crippen LogP contribution in [0.2, 0.25) is 13.1 Å². The molecule has 0 saturated carbocycles. The molecule has 0 atom stereocenters. The Morgan fingerprint density at radius 1 is 0.540 bits per heavy atom. The van der Waals surface area contributed by atoms with Gasteiger partial charge in [-0.15, -0.1) is 69.1 Å². The van der Waals surface area contributed by atoms with Crippen molar-refractivity contribution < 1.29 is 20.8 Å². The van der Waals surface area contributed by atoms with E-state index >= 15 is 0 Å². The number of halogens is 2. The zero-order valence-corrected chi connectivity index (χ0v) is 36.9. The Labute approximate surface area is 325 Å². The summed E-state index contributed by atoms with van der Waals surface area (Å²) in [6, 6.07) is 36.5. The van der Waals surface area contributed by atoms with Crippen LogP contribution in [0.1, 0.15) is 101 Å². The minimum atomic E-state index is -0.826. The summed E-state index contributed by atoms with van der Waals surface area (Å²) in [4.78, 5) is 0. The molecule has 0 amide bonds. The van der Waals surface area contributed by atoms with E-state index < -0.39 is 20.8 Å². The molecule has 262 valence electrons. The zero-order chi connectivity index (χ0) is 36.8. The van der Waals surface area contributed by atoms with E-state index in [1.54, 1.807) is 0 Å². The van der Waals surface area contributed by atoms with Crippen molar-refractivity contribution in [3.8, 4) is 22.3 Å². The van der Waals surface area contributed by atoms with Gasteiger partial charge in [0.1, 0.15) is 0 Å². The van der Waals surface area contributed by atoms with Gasteiger partial charge in [0.2, 0.25) is 0 Å². The van der Waals surface area contributed by atoms with Crippen LogP contribution in [0.5, 0.6) is 0 Å². The first kappa shape index (κ1) is 42.2. The third-order valence-corrected chi connectivity index (χ3v) is 9.43. The van der Waals surface area contributed by atoms with Crippen LogP contribution in [-0.4, -0.2) is 9.52 Å². The normalized spacial score (nSPS) is 10.7.